The van der Waals surface area contributed by atoms with E-state index in [1.54, 1.807) is 24.1 Å². The van der Waals surface area contributed by atoms with Crippen LogP contribution in [0.5, 0.6) is 5.75 Å². The van der Waals surface area contributed by atoms with E-state index < -0.39 is 4.92 Å². The zero-order chi connectivity index (χ0) is 26.4. The van der Waals surface area contributed by atoms with Gasteiger partial charge in [-0.05, 0) is 60.5 Å². The van der Waals surface area contributed by atoms with Crippen LogP contribution < -0.4 is 4.74 Å². The SMILES string of the molecule is CCCN(C)C(=O)c1ccc(CSc2nnc(-c3ccc([N+](=O)[O-])cc3)n2-c2ccc(OC)cc2)cc1. The number of hydrogen-bond acceptors (Lipinski definition) is 7. The summed E-state index contributed by atoms with van der Waals surface area (Å²) in [5.41, 5.74) is 3.26. The number of ether oxygens (including phenoxy) is 1. The Morgan fingerprint density at radius 3 is 2.30 bits per heavy atom. The maximum absolute atomic E-state index is 12.5. The molecule has 0 fully saturated rings. The van der Waals surface area contributed by atoms with Gasteiger partial charge in [-0.15, -0.1) is 10.2 Å². The number of non-ortho nitro benzene ring substituents is 1. The lowest BCUT2D eigenvalue weighted by Crippen LogP contribution is -2.27. The zero-order valence-corrected chi connectivity index (χ0v) is 21.6. The number of amides is 1. The van der Waals surface area contributed by atoms with Gasteiger partial charge in [0.05, 0.1) is 12.0 Å². The van der Waals surface area contributed by atoms with E-state index in [4.69, 9.17) is 4.74 Å². The zero-order valence-electron chi connectivity index (χ0n) is 20.8. The first-order valence-corrected chi connectivity index (χ1v) is 12.7. The monoisotopic (exact) mass is 517 g/mol. The lowest BCUT2D eigenvalue weighted by atomic mass is 10.1. The van der Waals surface area contributed by atoms with E-state index in [1.807, 2.05) is 67.1 Å². The molecule has 4 rings (SSSR count). The third-order valence-electron chi connectivity index (χ3n) is 5.77. The normalized spacial score (nSPS) is 10.8. The van der Waals surface area contributed by atoms with Crippen LogP contribution in [0, 0.1) is 10.1 Å². The Bertz CT molecular complexity index is 1370. The number of aromatic nitrogens is 3. The second kappa shape index (κ2) is 11.7. The molecule has 0 unspecified atom stereocenters. The van der Waals surface area contributed by atoms with Gasteiger partial charge in [0.25, 0.3) is 11.6 Å². The maximum atomic E-state index is 12.5. The van der Waals surface area contributed by atoms with Gasteiger partial charge < -0.3 is 9.64 Å². The van der Waals surface area contributed by atoms with Crippen LogP contribution in [0.1, 0.15) is 29.3 Å². The highest BCUT2D eigenvalue weighted by Crippen LogP contribution is 2.31. The van der Waals surface area contributed by atoms with Gasteiger partial charge >= 0.3 is 0 Å². The van der Waals surface area contributed by atoms with Gasteiger partial charge in [0, 0.05) is 48.3 Å². The molecule has 0 N–H and O–H groups in total. The van der Waals surface area contributed by atoms with Gasteiger partial charge in [-0.2, -0.15) is 0 Å². The number of methoxy groups -OCH3 is 1. The second-order valence-electron chi connectivity index (χ2n) is 8.36. The summed E-state index contributed by atoms with van der Waals surface area (Å²) >= 11 is 1.51. The molecule has 10 heteroatoms. The third-order valence-corrected chi connectivity index (χ3v) is 6.77. The van der Waals surface area contributed by atoms with Crippen LogP contribution in [0.2, 0.25) is 0 Å². The number of rotatable bonds is 10. The Balaban J connectivity index is 1.60. The first-order chi connectivity index (χ1) is 17.9. The minimum atomic E-state index is -0.431. The largest absolute Gasteiger partial charge is 0.497 e. The number of benzene rings is 3. The molecule has 0 spiro atoms. The fourth-order valence-electron chi connectivity index (χ4n) is 3.80. The lowest BCUT2D eigenvalue weighted by Gasteiger charge is -2.16. The van der Waals surface area contributed by atoms with Crippen molar-refractivity contribution in [2.45, 2.75) is 24.3 Å². The molecule has 1 aromatic heterocycles. The Hall–Kier alpha value is -4.18. The first kappa shape index (κ1) is 25.9. The molecule has 0 bridgehead atoms. The Labute approximate surface area is 219 Å². The topological polar surface area (TPSA) is 103 Å². The predicted molar refractivity (Wildman–Crippen MR) is 143 cm³/mol. The number of hydrogen-bond donors (Lipinski definition) is 0. The molecule has 0 saturated carbocycles. The quantitative estimate of drug-likeness (QED) is 0.153. The van der Waals surface area contributed by atoms with Crippen molar-refractivity contribution >= 4 is 23.4 Å². The molecule has 0 saturated heterocycles. The molecule has 0 radical (unpaired) electrons. The van der Waals surface area contributed by atoms with Gasteiger partial charge in [-0.25, -0.2) is 0 Å². The number of thioether (sulfide) groups is 1. The number of nitrogens with zero attached hydrogens (tertiary/aromatic N) is 5. The van der Waals surface area contributed by atoms with Crippen LogP contribution in [0.4, 0.5) is 5.69 Å². The van der Waals surface area contributed by atoms with E-state index in [-0.39, 0.29) is 11.6 Å². The van der Waals surface area contributed by atoms with Crippen LogP contribution in [-0.2, 0) is 5.75 Å². The van der Waals surface area contributed by atoms with E-state index in [0.717, 1.165) is 23.4 Å². The number of nitro benzene ring substituents is 1. The molecule has 0 aliphatic rings. The molecule has 9 nitrogen and oxygen atoms in total. The van der Waals surface area contributed by atoms with Crippen molar-refractivity contribution in [1.29, 1.82) is 0 Å². The van der Waals surface area contributed by atoms with E-state index in [2.05, 4.69) is 10.2 Å². The first-order valence-electron chi connectivity index (χ1n) is 11.7. The van der Waals surface area contributed by atoms with Gasteiger partial charge in [0.15, 0.2) is 11.0 Å². The van der Waals surface area contributed by atoms with E-state index in [1.165, 1.54) is 23.9 Å². The van der Waals surface area contributed by atoms with Crippen molar-refractivity contribution in [1.82, 2.24) is 19.7 Å². The van der Waals surface area contributed by atoms with Gasteiger partial charge in [-0.3, -0.25) is 19.5 Å². The van der Waals surface area contributed by atoms with Crippen molar-refractivity contribution in [3.63, 3.8) is 0 Å². The summed E-state index contributed by atoms with van der Waals surface area (Å²) in [4.78, 5) is 24.9. The molecule has 190 valence electrons. The molecule has 1 amide bonds. The van der Waals surface area contributed by atoms with Gasteiger partial charge in [0.2, 0.25) is 0 Å². The summed E-state index contributed by atoms with van der Waals surface area (Å²) in [6.45, 7) is 2.76. The van der Waals surface area contributed by atoms with Gasteiger partial charge in [-0.1, -0.05) is 30.8 Å². The summed E-state index contributed by atoms with van der Waals surface area (Å²) in [7, 11) is 3.42. The summed E-state index contributed by atoms with van der Waals surface area (Å²) in [6.07, 6.45) is 0.910. The van der Waals surface area contributed by atoms with E-state index >= 15 is 0 Å². The van der Waals surface area contributed by atoms with E-state index in [9.17, 15) is 14.9 Å². The standard InChI is InChI=1S/C27H27N5O4S/c1-4-17-30(2)26(33)21-7-5-19(6-8-21)18-37-27-29-28-25(20-9-11-23(12-10-20)32(34)35)31(27)22-13-15-24(36-3)16-14-22/h5-16H,4,17-18H2,1-3H3. The fourth-order valence-corrected chi connectivity index (χ4v) is 4.70. The van der Waals surface area contributed by atoms with Crippen molar-refractivity contribution < 1.29 is 14.5 Å². The molecular formula is C27H27N5O4S. The van der Waals surface area contributed by atoms with Crippen LogP contribution in [0.15, 0.2) is 78.0 Å². The van der Waals surface area contributed by atoms with Crippen molar-refractivity contribution in [3.05, 3.63) is 94.0 Å². The average molecular weight is 518 g/mol. The van der Waals surface area contributed by atoms with Crippen molar-refractivity contribution in [3.8, 4) is 22.8 Å². The highest BCUT2D eigenvalue weighted by atomic mass is 32.2. The summed E-state index contributed by atoms with van der Waals surface area (Å²) in [5, 5.41) is 20.6. The molecule has 4 aromatic rings. The van der Waals surface area contributed by atoms with Crippen molar-refractivity contribution in [2.75, 3.05) is 20.7 Å². The number of nitro groups is 1. The number of carbonyl (C=O) groups is 1. The summed E-state index contributed by atoms with van der Waals surface area (Å²) in [5.74, 6) is 1.92. The van der Waals surface area contributed by atoms with Crippen LogP contribution in [-0.4, -0.2) is 51.2 Å². The molecule has 0 aliphatic carbocycles. The second-order valence-corrected chi connectivity index (χ2v) is 9.30. The summed E-state index contributed by atoms with van der Waals surface area (Å²) < 4.78 is 7.21. The van der Waals surface area contributed by atoms with Crippen LogP contribution >= 0.6 is 11.8 Å². The fraction of sp³-hybridized carbons (Fsp3) is 0.222. The average Bonchev–Trinajstić information content (AvgIpc) is 3.36. The highest BCUT2D eigenvalue weighted by Gasteiger charge is 2.18. The Kier molecular flexibility index (Phi) is 8.19. The predicted octanol–water partition coefficient (Wildman–Crippen LogP) is 5.63. The number of carbonyl (C=O) groups excluding carboxylic acids is 1. The molecule has 37 heavy (non-hydrogen) atoms. The lowest BCUT2D eigenvalue weighted by molar-refractivity contribution is -0.384. The Morgan fingerprint density at radius 2 is 1.70 bits per heavy atom. The smallest absolute Gasteiger partial charge is 0.269 e. The minimum Gasteiger partial charge on any atom is -0.497 e. The van der Waals surface area contributed by atoms with E-state index in [0.29, 0.717) is 34.4 Å². The van der Waals surface area contributed by atoms with Crippen molar-refractivity contribution in [2.24, 2.45) is 0 Å². The molecule has 3 aromatic carbocycles. The van der Waals surface area contributed by atoms with Crippen LogP contribution in [0.25, 0.3) is 17.1 Å². The highest BCUT2D eigenvalue weighted by molar-refractivity contribution is 7.98. The summed E-state index contributed by atoms with van der Waals surface area (Å²) in [6, 6.07) is 21.4. The van der Waals surface area contributed by atoms with Crippen LogP contribution in [0.3, 0.4) is 0 Å². The molecule has 0 aliphatic heterocycles. The third kappa shape index (κ3) is 5.97. The Morgan fingerprint density at radius 1 is 1.03 bits per heavy atom. The molecule has 0 atom stereocenters. The molecule has 1 heterocycles. The molecular weight excluding hydrogens is 490 g/mol. The van der Waals surface area contributed by atoms with Gasteiger partial charge in [0.1, 0.15) is 5.75 Å². The maximum Gasteiger partial charge on any atom is 0.269 e. The minimum absolute atomic E-state index is 0.00745.